The molecule has 0 aliphatic rings. The number of nitrogens with zero attached hydrogens (tertiary/aromatic N) is 1. The van der Waals surface area contributed by atoms with Gasteiger partial charge in [0.2, 0.25) is 5.91 Å². The van der Waals surface area contributed by atoms with E-state index in [0.29, 0.717) is 22.8 Å². The van der Waals surface area contributed by atoms with Gasteiger partial charge in [-0.3, -0.25) is 9.59 Å². The topological polar surface area (TPSA) is 72.4 Å². The van der Waals surface area contributed by atoms with E-state index in [2.05, 4.69) is 10.6 Å². The lowest BCUT2D eigenvalue weighted by Gasteiger charge is -2.09. The molecule has 0 spiro atoms. The minimum atomic E-state index is -0.235. The first-order valence-corrected chi connectivity index (χ1v) is 7.81. The molecule has 3 aromatic rings. The average molecular weight is 337 g/mol. The maximum absolute atomic E-state index is 12.7. The fourth-order valence-electron chi connectivity index (χ4n) is 2.83. The summed E-state index contributed by atoms with van der Waals surface area (Å²) in [5.74, 6) is 0.316. The Kier molecular flexibility index (Phi) is 4.43. The second kappa shape index (κ2) is 6.68. The van der Waals surface area contributed by atoms with Crippen molar-refractivity contribution >= 4 is 34.1 Å². The molecule has 1 heterocycles. The van der Waals surface area contributed by atoms with Crippen molar-refractivity contribution in [1.82, 2.24) is 4.57 Å². The summed E-state index contributed by atoms with van der Waals surface area (Å²) in [5, 5.41) is 6.48. The number of carbonyl (C=O) groups is 2. The second-order valence-corrected chi connectivity index (χ2v) is 5.70. The summed E-state index contributed by atoms with van der Waals surface area (Å²) in [7, 11) is 3.43. The third-order valence-corrected chi connectivity index (χ3v) is 3.91. The highest BCUT2D eigenvalue weighted by Gasteiger charge is 2.16. The largest absolute Gasteiger partial charge is 0.495 e. The van der Waals surface area contributed by atoms with Crippen LogP contribution < -0.4 is 15.4 Å². The molecule has 3 rings (SSSR count). The molecule has 128 valence electrons. The Bertz CT molecular complexity index is 960. The highest BCUT2D eigenvalue weighted by atomic mass is 16.5. The molecule has 0 saturated heterocycles. The van der Waals surface area contributed by atoms with Crippen LogP contribution in [0.5, 0.6) is 5.75 Å². The van der Waals surface area contributed by atoms with Crippen molar-refractivity contribution in [2.24, 2.45) is 7.05 Å². The van der Waals surface area contributed by atoms with E-state index >= 15 is 0 Å². The van der Waals surface area contributed by atoms with Crippen LogP contribution in [0.15, 0.2) is 48.5 Å². The Morgan fingerprint density at radius 3 is 2.36 bits per heavy atom. The van der Waals surface area contributed by atoms with Crippen molar-refractivity contribution < 1.29 is 14.3 Å². The molecule has 2 N–H and O–H groups in total. The Labute approximate surface area is 145 Å². The fraction of sp³-hybridized carbons (Fsp3) is 0.158. The number of para-hydroxylation sites is 1. The van der Waals surface area contributed by atoms with Gasteiger partial charge in [0.15, 0.2) is 0 Å². The van der Waals surface area contributed by atoms with Gasteiger partial charge in [0.05, 0.1) is 12.6 Å². The highest BCUT2D eigenvalue weighted by molar-refractivity contribution is 6.07. The predicted molar refractivity (Wildman–Crippen MR) is 98.2 cm³/mol. The van der Waals surface area contributed by atoms with Gasteiger partial charge in [-0.05, 0) is 30.3 Å². The number of fused-ring (bicyclic) bond motifs is 1. The van der Waals surface area contributed by atoms with Crippen molar-refractivity contribution in [3.8, 4) is 5.75 Å². The Hall–Kier alpha value is -3.28. The summed E-state index contributed by atoms with van der Waals surface area (Å²) >= 11 is 0. The first kappa shape index (κ1) is 16.6. The molecule has 6 heteroatoms. The molecule has 0 aliphatic carbocycles. The van der Waals surface area contributed by atoms with E-state index in [4.69, 9.17) is 4.74 Å². The van der Waals surface area contributed by atoms with E-state index in [1.807, 2.05) is 31.3 Å². The van der Waals surface area contributed by atoms with Crippen LogP contribution in [0.2, 0.25) is 0 Å². The number of methoxy groups -OCH3 is 1. The number of nitrogens with one attached hydrogen (secondary N) is 2. The summed E-state index contributed by atoms with van der Waals surface area (Å²) in [6.45, 7) is 1.44. The monoisotopic (exact) mass is 337 g/mol. The van der Waals surface area contributed by atoms with E-state index in [1.165, 1.54) is 6.92 Å². The number of hydrogen-bond donors (Lipinski definition) is 2. The number of ether oxygens (including phenoxy) is 1. The lowest BCUT2D eigenvalue weighted by molar-refractivity contribution is -0.114. The van der Waals surface area contributed by atoms with Gasteiger partial charge in [-0.25, -0.2) is 0 Å². The second-order valence-electron chi connectivity index (χ2n) is 5.70. The predicted octanol–water partition coefficient (Wildman–Crippen LogP) is 3.40. The number of aryl methyl sites for hydroxylation is 1. The summed E-state index contributed by atoms with van der Waals surface area (Å²) < 4.78 is 7.19. The zero-order valence-corrected chi connectivity index (χ0v) is 14.3. The normalized spacial score (nSPS) is 10.5. The van der Waals surface area contributed by atoms with Crippen LogP contribution in [-0.4, -0.2) is 23.5 Å². The van der Waals surface area contributed by atoms with E-state index < -0.39 is 0 Å². The van der Waals surface area contributed by atoms with Crippen LogP contribution in [0.4, 0.5) is 11.4 Å². The standard InChI is InChI=1S/C19H19N3O3/c1-12(23)20-14-7-5-8-15(11-14)21-19(24)16-10-13-6-4-9-17(25-3)18(13)22(16)2/h4-11H,1-3H3,(H,20,23)(H,21,24). The SMILES string of the molecule is COc1cccc2cc(C(=O)Nc3cccc(NC(C)=O)c3)n(C)c12. The molecule has 0 radical (unpaired) electrons. The van der Waals surface area contributed by atoms with Gasteiger partial charge >= 0.3 is 0 Å². The van der Waals surface area contributed by atoms with E-state index in [-0.39, 0.29) is 11.8 Å². The van der Waals surface area contributed by atoms with Crippen LogP contribution in [0.25, 0.3) is 10.9 Å². The molecule has 0 fully saturated rings. The third kappa shape index (κ3) is 3.33. The first-order chi connectivity index (χ1) is 12.0. The zero-order valence-electron chi connectivity index (χ0n) is 14.3. The molecule has 2 amide bonds. The fourth-order valence-corrected chi connectivity index (χ4v) is 2.83. The summed E-state index contributed by atoms with van der Waals surface area (Å²) in [6.07, 6.45) is 0. The number of hydrogen-bond acceptors (Lipinski definition) is 3. The molecule has 6 nitrogen and oxygen atoms in total. The van der Waals surface area contributed by atoms with Crippen LogP contribution in [-0.2, 0) is 11.8 Å². The van der Waals surface area contributed by atoms with Crippen LogP contribution in [0.1, 0.15) is 17.4 Å². The lowest BCUT2D eigenvalue weighted by atomic mass is 10.2. The van der Waals surface area contributed by atoms with Crippen molar-refractivity contribution in [1.29, 1.82) is 0 Å². The quantitative estimate of drug-likeness (QED) is 0.766. The Morgan fingerprint density at radius 2 is 1.68 bits per heavy atom. The van der Waals surface area contributed by atoms with Crippen molar-refractivity contribution in [3.63, 3.8) is 0 Å². The van der Waals surface area contributed by atoms with Gasteiger partial charge in [0.25, 0.3) is 5.91 Å². The molecule has 0 atom stereocenters. The van der Waals surface area contributed by atoms with Crippen LogP contribution in [0.3, 0.4) is 0 Å². The van der Waals surface area contributed by atoms with Gasteiger partial charge < -0.3 is 19.9 Å². The minimum Gasteiger partial charge on any atom is -0.495 e. The van der Waals surface area contributed by atoms with Crippen LogP contribution >= 0.6 is 0 Å². The highest BCUT2D eigenvalue weighted by Crippen LogP contribution is 2.28. The van der Waals surface area contributed by atoms with E-state index in [0.717, 1.165) is 10.9 Å². The van der Waals surface area contributed by atoms with Gasteiger partial charge in [0, 0.05) is 30.7 Å². The smallest absolute Gasteiger partial charge is 0.272 e. The number of rotatable bonds is 4. The van der Waals surface area contributed by atoms with Crippen LogP contribution in [0, 0.1) is 0 Å². The number of anilines is 2. The van der Waals surface area contributed by atoms with Gasteiger partial charge in [0.1, 0.15) is 11.4 Å². The van der Waals surface area contributed by atoms with Gasteiger partial charge in [-0.1, -0.05) is 18.2 Å². The van der Waals surface area contributed by atoms with Gasteiger partial charge in [-0.15, -0.1) is 0 Å². The maximum atomic E-state index is 12.7. The van der Waals surface area contributed by atoms with Gasteiger partial charge in [-0.2, -0.15) is 0 Å². The lowest BCUT2D eigenvalue weighted by Crippen LogP contribution is -2.16. The molecular weight excluding hydrogens is 318 g/mol. The minimum absolute atomic E-state index is 0.163. The number of amides is 2. The Balaban J connectivity index is 1.90. The number of carbonyl (C=O) groups excluding carboxylic acids is 2. The number of aromatic nitrogens is 1. The summed E-state index contributed by atoms with van der Waals surface area (Å²) in [5.41, 5.74) is 2.61. The van der Waals surface area contributed by atoms with Crippen molar-refractivity contribution in [2.45, 2.75) is 6.92 Å². The molecule has 25 heavy (non-hydrogen) atoms. The van der Waals surface area contributed by atoms with E-state index in [1.54, 1.807) is 35.9 Å². The first-order valence-electron chi connectivity index (χ1n) is 7.81. The third-order valence-electron chi connectivity index (χ3n) is 3.91. The molecule has 0 saturated carbocycles. The average Bonchev–Trinajstić information content (AvgIpc) is 2.92. The molecule has 0 unspecified atom stereocenters. The molecular formula is C19H19N3O3. The van der Waals surface area contributed by atoms with Crippen molar-refractivity contribution in [3.05, 3.63) is 54.2 Å². The number of benzene rings is 2. The molecule has 0 bridgehead atoms. The van der Waals surface area contributed by atoms with Crippen molar-refractivity contribution in [2.75, 3.05) is 17.7 Å². The summed E-state index contributed by atoms with van der Waals surface area (Å²) in [4.78, 5) is 23.8. The zero-order chi connectivity index (χ0) is 18.0. The van der Waals surface area contributed by atoms with E-state index in [9.17, 15) is 9.59 Å². The molecule has 2 aromatic carbocycles. The maximum Gasteiger partial charge on any atom is 0.272 e. The molecule has 0 aliphatic heterocycles. The summed E-state index contributed by atoms with van der Waals surface area (Å²) in [6, 6.07) is 14.5. The Morgan fingerprint density at radius 1 is 1.00 bits per heavy atom. The molecule has 1 aromatic heterocycles.